The Hall–Kier alpha value is -1.85. The molecule has 112 valence electrons. The number of aromatic nitrogens is 1. The summed E-state index contributed by atoms with van der Waals surface area (Å²) >= 11 is 0. The quantitative estimate of drug-likeness (QED) is 0.800. The summed E-state index contributed by atoms with van der Waals surface area (Å²) in [7, 11) is 0. The molecular formula is C14H22N2O4. The summed E-state index contributed by atoms with van der Waals surface area (Å²) in [5, 5.41) is 15.1. The first kappa shape index (κ1) is 16.2. The molecule has 1 aromatic rings. The van der Waals surface area contributed by atoms with Gasteiger partial charge in [0, 0.05) is 19.0 Å². The molecule has 0 bridgehead atoms. The van der Waals surface area contributed by atoms with Gasteiger partial charge < -0.3 is 14.9 Å². The predicted octanol–water partition coefficient (Wildman–Crippen LogP) is 2.32. The number of carboxylic acid groups (broad SMARTS) is 1. The number of aliphatic carboxylic acids is 1. The van der Waals surface area contributed by atoms with Crippen molar-refractivity contribution in [2.75, 3.05) is 6.54 Å². The molecule has 1 amide bonds. The van der Waals surface area contributed by atoms with E-state index >= 15 is 0 Å². The fourth-order valence-electron chi connectivity index (χ4n) is 2.09. The number of nitrogens with zero attached hydrogens (tertiary/aromatic N) is 1. The summed E-state index contributed by atoms with van der Waals surface area (Å²) in [6.07, 6.45) is 2.85. The Kier molecular flexibility index (Phi) is 5.73. The summed E-state index contributed by atoms with van der Waals surface area (Å²) in [5.41, 5.74) is 0.261. The summed E-state index contributed by atoms with van der Waals surface area (Å²) < 4.78 is 4.61. The van der Waals surface area contributed by atoms with Gasteiger partial charge in [-0.2, -0.15) is 0 Å². The number of amides is 1. The molecule has 0 aromatic carbocycles. The van der Waals surface area contributed by atoms with Gasteiger partial charge in [0.15, 0.2) is 5.69 Å². The Labute approximate surface area is 118 Å². The molecule has 1 aromatic heterocycles. The highest BCUT2D eigenvalue weighted by molar-refractivity contribution is 5.91. The predicted molar refractivity (Wildman–Crippen MR) is 73.3 cm³/mol. The molecule has 1 heterocycles. The lowest BCUT2D eigenvalue weighted by Gasteiger charge is -2.30. The minimum absolute atomic E-state index is 0.00800. The third-order valence-corrected chi connectivity index (χ3v) is 3.38. The van der Waals surface area contributed by atoms with Gasteiger partial charge in [0.2, 0.25) is 0 Å². The van der Waals surface area contributed by atoms with E-state index in [0.717, 1.165) is 6.42 Å². The van der Waals surface area contributed by atoms with Gasteiger partial charge in [-0.15, -0.1) is 0 Å². The first-order valence-corrected chi connectivity index (χ1v) is 6.71. The van der Waals surface area contributed by atoms with E-state index in [0.29, 0.717) is 13.0 Å². The zero-order valence-electron chi connectivity index (χ0n) is 12.2. The average Bonchev–Trinajstić information content (AvgIpc) is 2.84. The van der Waals surface area contributed by atoms with Gasteiger partial charge in [0.25, 0.3) is 5.91 Å². The van der Waals surface area contributed by atoms with Crippen molar-refractivity contribution in [1.29, 1.82) is 0 Å². The fraction of sp³-hybridized carbons (Fsp3) is 0.643. The topological polar surface area (TPSA) is 92.4 Å². The summed E-state index contributed by atoms with van der Waals surface area (Å²) in [5.74, 6) is -0.827. The molecule has 0 saturated heterocycles. The van der Waals surface area contributed by atoms with Crippen LogP contribution in [0.25, 0.3) is 0 Å². The van der Waals surface area contributed by atoms with Gasteiger partial charge in [-0.1, -0.05) is 25.9 Å². The monoisotopic (exact) mass is 282 g/mol. The van der Waals surface area contributed by atoms with Crippen molar-refractivity contribution in [1.82, 2.24) is 10.5 Å². The van der Waals surface area contributed by atoms with Crippen LogP contribution in [-0.2, 0) is 4.79 Å². The number of rotatable bonds is 7. The molecule has 0 spiro atoms. The van der Waals surface area contributed by atoms with Crippen LogP contribution < -0.4 is 5.32 Å². The lowest BCUT2D eigenvalue weighted by atomic mass is 9.76. The molecule has 20 heavy (non-hydrogen) atoms. The van der Waals surface area contributed by atoms with Crippen molar-refractivity contribution >= 4 is 11.9 Å². The zero-order valence-corrected chi connectivity index (χ0v) is 12.2. The number of carboxylic acids is 1. The molecule has 1 rings (SSSR count). The third-order valence-electron chi connectivity index (χ3n) is 3.38. The molecule has 0 saturated carbocycles. The molecular weight excluding hydrogens is 260 g/mol. The highest BCUT2D eigenvalue weighted by atomic mass is 16.5. The molecule has 0 aliphatic heterocycles. The summed E-state index contributed by atoms with van der Waals surface area (Å²) in [6.45, 7) is 6.74. The summed E-state index contributed by atoms with van der Waals surface area (Å²) in [4.78, 5) is 22.4. The second kappa shape index (κ2) is 7.07. The Morgan fingerprint density at radius 2 is 2.10 bits per heavy atom. The molecule has 2 N–H and O–H groups in total. The lowest BCUT2D eigenvalue weighted by molar-refractivity contribution is -0.137. The largest absolute Gasteiger partial charge is 0.481 e. The second-order valence-electron chi connectivity index (χ2n) is 5.92. The minimum atomic E-state index is -0.786. The maximum absolute atomic E-state index is 11.7. The van der Waals surface area contributed by atoms with Crippen LogP contribution in [0.2, 0.25) is 0 Å². The van der Waals surface area contributed by atoms with Crippen molar-refractivity contribution in [3.63, 3.8) is 0 Å². The van der Waals surface area contributed by atoms with Gasteiger partial charge >= 0.3 is 5.97 Å². The molecule has 1 unspecified atom stereocenters. The van der Waals surface area contributed by atoms with E-state index in [1.807, 2.05) is 0 Å². The van der Waals surface area contributed by atoms with Crippen LogP contribution in [0, 0.1) is 11.3 Å². The van der Waals surface area contributed by atoms with Crippen molar-refractivity contribution in [2.24, 2.45) is 11.3 Å². The molecule has 6 nitrogen and oxygen atoms in total. The Morgan fingerprint density at radius 1 is 1.40 bits per heavy atom. The van der Waals surface area contributed by atoms with Crippen LogP contribution in [-0.4, -0.2) is 28.7 Å². The van der Waals surface area contributed by atoms with Crippen molar-refractivity contribution in [3.8, 4) is 0 Å². The molecule has 0 aliphatic carbocycles. The van der Waals surface area contributed by atoms with Gasteiger partial charge in [0.1, 0.15) is 6.26 Å². The number of nitrogens with one attached hydrogen (secondary N) is 1. The number of hydrogen-bond donors (Lipinski definition) is 2. The molecule has 0 fully saturated rings. The van der Waals surface area contributed by atoms with Crippen LogP contribution in [0.4, 0.5) is 0 Å². The maximum Gasteiger partial charge on any atom is 0.303 e. The SMILES string of the molecule is CC(C)(C)C(CCNC(=O)c1ccon1)CCC(=O)O. The van der Waals surface area contributed by atoms with Crippen LogP contribution in [0.3, 0.4) is 0 Å². The fourth-order valence-corrected chi connectivity index (χ4v) is 2.09. The Morgan fingerprint density at radius 3 is 2.60 bits per heavy atom. The van der Waals surface area contributed by atoms with E-state index in [-0.39, 0.29) is 29.4 Å². The van der Waals surface area contributed by atoms with Crippen LogP contribution >= 0.6 is 0 Å². The standard InChI is InChI=1S/C14H22N2O4/c1-14(2,3)10(4-5-12(17)18)6-8-15-13(19)11-7-9-20-16-11/h7,9-10H,4-6,8H2,1-3H3,(H,15,19)(H,17,18). The van der Waals surface area contributed by atoms with E-state index < -0.39 is 5.97 Å². The number of carbonyl (C=O) groups excluding carboxylic acids is 1. The van der Waals surface area contributed by atoms with Gasteiger partial charge in [-0.05, 0) is 24.2 Å². The maximum atomic E-state index is 11.7. The van der Waals surface area contributed by atoms with E-state index in [4.69, 9.17) is 5.11 Å². The molecule has 6 heteroatoms. The average molecular weight is 282 g/mol. The van der Waals surface area contributed by atoms with E-state index in [1.165, 1.54) is 12.3 Å². The van der Waals surface area contributed by atoms with Crippen LogP contribution in [0.15, 0.2) is 16.9 Å². The first-order valence-electron chi connectivity index (χ1n) is 6.71. The van der Waals surface area contributed by atoms with Crippen molar-refractivity contribution in [3.05, 3.63) is 18.0 Å². The zero-order chi connectivity index (χ0) is 15.2. The molecule has 0 radical (unpaired) electrons. The van der Waals surface area contributed by atoms with E-state index in [2.05, 4.69) is 35.8 Å². The van der Waals surface area contributed by atoms with E-state index in [1.54, 1.807) is 0 Å². The Balaban J connectivity index is 2.42. The second-order valence-corrected chi connectivity index (χ2v) is 5.92. The smallest absolute Gasteiger partial charge is 0.303 e. The van der Waals surface area contributed by atoms with Crippen LogP contribution in [0.1, 0.15) is 50.5 Å². The highest BCUT2D eigenvalue weighted by Gasteiger charge is 2.25. The Bertz CT molecular complexity index is 435. The highest BCUT2D eigenvalue weighted by Crippen LogP contribution is 2.32. The first-order chi connectivity index (χ1) is 9.30. The normalized spacial score (nSPS) is 12.9. The summed E-state index contributed by atoms with van der Waals surface area (Å²) in [6, 6.07) is 1.50. The van der Waals surface area contributed by atoms with E-state index in [9.17, 15) is 9.59 Å². The van der Waals surface area contributed by atoms with Gasteiger partial charge in [-0.3, -0.25) is 9.59 Å². The molecule has 1 atom stereocenters. The molecule has 0 aliphatic rings. The lowest BCUT2D eigenvalue weighted by Crippen LogP contribution is -2.30. The number of hydrogen-bond acceptors (Lipinski definition) is 4. The van der Waals surface area contributed by atoms with Crippen LogP contribution in [0.5, 0.6) is 0 Å². The van der Waals surface area contributed by atoms with Crippen molar-refractivity contribution in [2.45, 2.75) is 40.0 Å². The van der Waals surface area contributed by atoms with Crippen molar-refractivity contribution < 1.29 is 19.2 Å². The minimum Gasteiger partial charge on any atom is -0.481 e. The third kappa shape index (κ3) is 5.42. The number of carbonyl (C=O) groups is 2. The van der Waals surface area contributed by atoms with Gasteiger partial charge in [0.05, 0.1) is 0 Å². The van der Waals surface area contributed by atoms with Gasteiger partial charge in [-0.25, -0.2) is 0 Å².